The van der Waals surface area contributed by atoms with E-state index in [2.05, 4.69) is 58.1 Å². The number of H-pyrrole nitrogens is 1. The highest BCUT2D eigenvalue weighted by atomic mass is 35.5. The van der Waals surface area contributed by atoms with Gasteiger partial charge in [0, 0.05) is 59.8 Å². The highest BCUT2D eigenvalue weighted by Crippen LogP contribution is 2.26. The summed E-state index contributed by atoms with van der Waals surface area (Å²) < 4.78 is 0. The third kappa shape index (κ3) is 4.54. The van der Waals surface area contributed by atoms with Crippen LogP contribution in [0.2, 0.25) is 10.0 Å². The van der Waals surface area contributed by atoms with Crippen LogP contribution in [0.15, 0.2) is 54.6 Å². The zero-order valence-electron chi connectivity index (χ0n) is 16.1. The van der Waals surface area contributed by atoms with E-state index in [-0.39, 0.29) is 0 Å². The molecule has 1 saturated heterocycles. The number of rotatable bonds is 5. The molecule has 0 saturated carbocycles. The summed E-state index contributed by atoms with van der Waals surface area (Å²) in [5, 5.41) is 1.39. The highest BCUT2D eigenvalue weighted by molar-refractivity contribution is 6.35. The fourth-order valence-corrected chi connectivity index (χ4v) is 4.38. The lowest BCUT2D eigenvalue weighted by Gasteiger charge is -2.36. The zero-order chi connectivity index (χ0) is 19.5. The third-order valence-electron chi connectivity index (χ3n) is 5.49. The minimum atomic E-state index is 0.696. The van der Waals surface area contributed by atoms with Crippen molar-refractivity contribution in [3.8, 4) is 11.3 Å². The number of nitrogens with one attached hydrogen (secondary N) is 1. The molecule has 0 atom stereocenters. The number of aromatic amines is 1. The van der Waals surface area contributed by atoms with Crippen molar-refractivity contribution in [2.75, 3.05) is 37.6 Å². The fourth-order valence-electron chi connectivity index (χ4n) is 3.86. The van der Waals surface area contributed by atoms with E-state index in [0.29, 0.717) is 10.0 Å². The Bertz CT molecular complexity index is 908. The summed E-state index contributed by atoms with van der Waals surface area (Å²) in [5.41, 5.74) is 6.24. The normalized spacial score (nSPS) is 15.2. The number of piperazine rings is 1. The lowest BCUT2D eigenvalue weighted by atomic mass is 10.1. The molecule has 0 radical (unpaired) electrons. The molecule has 0 bridgehead atoms. The second-order valence-electron chi connectivity index (χ2n) is 7.41. The van der Waals surface area contributed by atoms with Gasteiger partial charge in [-0.1, -0.05) is 53.5 Å². The molecule has 1 aliphatic heterocycles. The summed E-state index contributed by atoms with van der Waals surface area (Å²) in [4.78, 5) is 8.44. The minimum absolute atomic E-state index is 0.696. The molecule has 1 aromatic heterocycles. The van der Waals surface area contributed by atoms with Gasteiger partial charge in [0.1, 0.15) is 0 Å². The maximum Gasteiger partial charge on any atom is 0.0458 e. The van der Waals surface area contributed by atoms with Gasteiger partial charge >= 0.3 is 0 Å². The van der Waals surface area contributed by atoms with Gasteiger partial charge in [0.15, 0.2) is 0 Å². The Hall–Kier alpha value is -1.94. The van der Waals surface area contributed by atoms with Gasteiger partial charge in [-0.05, 0) is 48.7 Å². The van der Waals surface area contributed by atoms with Crippen molar-refractivity contribution in [2.45, 2.75) is 13.3 Å². The van der Waals surface area contributed by atoms with E-state index in [9.17, 15) is 0 Å². The summed E-state index contributed by atoms with van der Waals surface area (Å²) >= 11 is 12.3. The predicted octanol–water partition coefficient (Wildman–Crippen LogP) is 5.66. The van der Waals surface area contributed by atoms with Crippen LogP contribution in [0.3, 0.4) is 0 Å². The van der Waals surface area contributed by atoms with Crippen molar-refractivity contribution in [3.05, 3.63) is 75.9 Å². The quantitative estimate of drug-likeness (QED) is 0.582. The van der Waals surface area contributed by atoms with Crippen LogP contribution in [0.4, 0.5) is 5.69 Å². The van der Waals surface area contributed by atoms with E-state index in [1.807, 2.05) is 12.1 Å². The topological polar surface area (TPSA) is 22.3 Å². The Morgan fingerprint density at radius 1 is 0.893 bits per heavy atom. The molecule has 3 aromatic rings. The molecule has 1 fully saturated rings. The van der Waals surface area contributed by atoms with Gasteiger partial charge < -0.3 is 9.88 Å². The van der Waals surface area contributed by atoms with Crippen LogP contribution in [0.1, 0.15) is 11.3 Å². The lowest BCUT2D eigenvalue weighted by Crippen LogP contribution is -2.47. The largest absolute Gasteiger partial charge is 0.369 e. The van der Waals surface area contributed by atoms with Gasteiger partial charge in [-0.15, -0.1) is 0 Å². The number of hydrogen-bond acceptors (Lipinski definition) is 2. The highest BCUT2D eigenvalue weighted by Gasteiger charge is 2.18. The Morgan fingerprint density at radius 2 is 1.57 bits per heavy atom. The number of benzene rings is 2. The van der Waals surface area contributed by atoms with Crippen molar-refractivity contribution in [3.63, 3.8) is 0 Å². The average Bonchev–Trinajstić information content (AvgIpc) is 3.07. The first-order valence-electron chi connectivity index (χ1n) is 9.76. The van der Waals surface area contributed by atoms with Crippen LogP contribution in [-0.2, 0) is 6.42 Å². The van der Waals surface area contributed by atoms with Crippen LogP contribution < -0.4 is 4.90 Å². The molecule has 28 heavy (non-hydrogen) atoms. The standard InChI is InChI=1S/C23H25Cl2N3/c1-17-19(13-23(26-17)18-5-3-2-4-6-18)7-8-27-9-11-28(12-10-27)22-15-20(24)14-21(25)16-22/h2-6,13-16,26H,7-12H2,1H3. The van der Waals surface area contributed by atoms with Crippen LogP contribution in [-0.4, -0.2) is 42.6 Å². The molecule has 0 amide bonds. The number of anilines is 1. The molecule has 0 spiro atoms. The van der Waals surface area contributed by atoms with Gasteiger partial charge in [-0.3, -0.25) is 4.90 Å². The van der Waals surface area contributed by atoms with Crippen molar-refractivity contribution in [1.82, 2.24) is 9.88 Å². The summed E-state index contributed by atoms with van der Waals surface area (Å²) in [7, 11) is 0. The van der Waals surface area contributed by atoms with Gasteiger partial charge in [0.25, 0.3) is 0 Å². The Morgan fingerprint density at radius 3 is 2.25 bits per heavy atom. The second-order valence-corrected chi connectivity index (χ2v) is 8.28. The van der Waals surface area contributed by atoms with Crippen molar-refractivity contribution in [2.24, 2.45) is 0 Å². The number of aromatic nitrogens is 1. The van der Waals surface area contributed by atoms with Crippen LogP contribution in [0.5, 0.6) is 0 Å². The summed E-state index contributed by atoms with van der Waals surface area (Å²) in [6.45, 7) is 7.36. The van der Waals surface area contributed by atoms with Gasteiger partial charge in [0.2, 0.25) is 0 Å². The third-order valence-corrected chi connectivity index (χ3v) is 5.93. The number of nitrogens with zero attached hydrogens (tertiary/aromatic N) is 2. The average molecular weight is 414 g/mol. The van der Waals surface area contributed by atoms with Crippen LogP contribution in [0.25, 0.3) is 11.3 Å². The molecular formula is C23H25Cl2N3. The van der Waals surface area contributed by atoms with Crippen molar-refractivity contribution < 1.29 is 0 Å². The summed E-state index contributed by atoms with van der Waals surface area (Å²) in [5.74, 6) is 0. The van der Waals surface area contributed by atoms with E-state index in [4.69, 9.17) is 23.2 Å². The molecule has 0 aliphatic carbocycles. The van der Waals surface area contributed by atoms with Gasteiger partial charge in [-0.25, -0.2) is 0 Å². The summed E-state index contributed by atoms with van der Waals surface area (Å²) in [6.07, 6.45) is 1.07. The predicted molar refractivity (Wildman–Crippen MR) is 120 cm³/mol. The van der Waals surface area contributed by atoms with Crippen LogP contribution >= 0.6 is 23.2 Å². The molecule has 1 aliphatic rings. The molecule has 5 heteroatoms. The van der Waals surface area contributed by atoms with E-state index in [1.165, 1.54) is 22.5 Å². The van der Waals surface area contributed by atoms with Crippen LogP contribution in [0, 0.1) is 6.92 Å². The molecule has 4 rings (SSSR count). The first kappa shape index (κ1) is 19.4. The maximum atomic E-state index is 6.15. The smallest absolute Gasteiger partial charge is 0.0458 e. The molecular weight excluding hydrogens is 389 g/mol. The van der Waals surface area contributed by atoms with Crippen molar-refractivity contribution in [1.29, 1.82) is 0 Å². The van der Waals surface area contributed by atoms with E-state index < -0.39 is 0 Å². The maximum absolute atomic E-state index is 6.15. The SMILES string of the molecule is Cc1[nH]c(-c2ccccc2)cc1CCN1CCN(c2cc(Cl)cc(Cl)c2)CC1. The summed E-state index contributed by atoms with van der Waals surface area (Å²) in [6, 6.07) is 18.6. The number of aryl methyl sites for hydroxylation is 1. The molecule has 146 valence electrons. The van der Waals surface area contributed by atoms with Gasteiger partial charge in [0.05, 0.1) is 0 Å². The molecule has 1 N–H and O–H groups in total. The monoisotopic (exact) mass is 413 g/mol. The minimum Gasteiger partial charge on any atom is -0.369 e. The van der Waals surface area contributed by atoms with E-state index in [0.717, 1.165) is 44.8 Å². The molecule has 3 nitrogen and oxygen atoms in total. The first-order chi connectivity index (χ1) is 13.6. The van der Waals surface area contributed by atoms with Gasteiger partial charge in [-0.2, -0.15) is 0 Å². The second kappa shape index (κ2) is 8.60. The fraction of sp³-hybridized carbons (Fsp3) is 0.304. The first-order valence-corrected chi connectivity index (χ1v) is 10.5. The number of hydrogen-bond donors (Lipinski definition) is 1. The zero-order valence-corrected chi connectivity index (χ0v) is 17.6. The molecule has 0 unspecified atom stereocenters. The van der Waals surface area contributed by atoms with Crippen molar-refractivity contribution >= 4 is 28.9 Å². The molecule has 2 aromatic carbocycles. The van der Waals surface area contributed by atoms with E-state index >= 15 is 0 Å². The lowest BCUT2D eigenvalue weighted by molar-refractivity contribution is 0.261. The Balaban J connectivity index is 1.33. The Kier molecular flexibility index (Phi) is 5.96. The Labute approximate surface area is 176 Å². The molecule has 2 heterocycles. The van der Waals surface area contributed by atoms with E-state index in [1.54, 1.807) is 6.07 Å². The number of halogens is 2.